The molecule has 1 N–H and O–H groups in total. The van der Waals surface area contributed by atoms with Gasteiger partial charge in [-0.25, -0.2) is 4.39 Å². The van der Waals surface area contributed by atoms with Gasteiger partial charge in [0, 0.05) is 4.47 Å². The Kier molecular flexibility index (Phi) is 5.53. The number of alkyl halides is 1. The van der Waals surface area contributed by atoms with E-state index in [2.05, 4.69) is 37.2 Å². The average Bonchev–Trinajstić information content (AvgIpc) is 2.44. The van der Waals surface area contributed by atoms with Gasteiger partial charge in [0.1, 0.15) is 5.82 Å². The second-order valence-electron chi connectivity index (χ2n) is 4.74. The third kappa shape index (κ3) is 4.38. The van der Waals surface area contributed by atoms with E-state index in [0.717, 1.165) is 10.0 Å². The van der Waals surface area contributed by atoms with E-state index < -0.39 is 4.83 Å². The maximum Gasteiger partial charge on any atom is 0.238 e. The van der Waals surface area contributed by atoms with E-state index >= 15 is 0 Å². The number of anilines is 1. The van der Waals surface area contributed by atoms with Gasteiger partial charge in [0.15, 0.2) is 0 Å². The summed E-state index contributed by atoms with van der Waals surface area (Å²) < 4.78 is 14.4. The lowest BCUT2D eigenvalue weighted by molar-refractivity contribution is -0.115. The van der Waals surface area contributed by atoms with Crippen LogP contribution in [0, 0.1) is 12.7 Å². The first-order valence-corrected chi connectivity index (χ1v) is 8.12. The zero-order valence-electron chi connectivity index (χ0n) is 11.4. The Labute approximate surface area is 140 Å². The van der Waals surface area contributed by atoms with Crippen LogP contribution < -0.4 is 5.32 Å². The number of hydrogen-bond acceptors (Lipinski definition) is 1. The first kappa shape index (κ1) is 16.2. The SMILES string of the molecule is Cc1ccc(NC(=O)C(Br)Cc2ccccc2F)c(Br)c1. The molecule has 0 aliphatic carbocycles. The van der Waals surface area contributed by atoms with Crippen molar-refractivity contribution in [2.45, 2.75) is 18.2 Å². The molecular weight excluding hydrogens is 401 g/mol. The van der Waals surface area contributed by atoms with Crippen molar-refractivity contribution in [1.29, 1.82) is 0 Å². The Morgan fingerprint density at radius 1 is 1.29 bits per heavy atom. The quantitative estimate of drug-likeness (QED) is 0.712. The molecule has 21 heavy (non-hydrogen) atoms. The van der Waals surface area contributed by atoms with Crippen molar-refractivity contribution in [3.63, 3.8) is 0 Å². The highest BCUT2D eigenvalue weighted by Gasteiger charge is 2.18. The van der Waals surface area contributed by atoms with Crippen molar-refractivity contribution < 1.29 is 9.18 Å². The maximum absolute atomic E-state index is 13.6. The minimum atomic E-state index is -0.498. The summed E-state index contributed by atoms with van der Waals surface area (Å²) in [7, 11) is 0. The Morgan fingerprint density at radius 3 is 2.67 bits per heavy atom. The lowest BCUT2D eigenvalue weighted by Crippen LogP contribution is -2.25. The van der Waals surface area contributed by atoms with Gasteiger partial charge in [0.05, 0.1) is 10.5 Å². The Bertz CT molecular complexity index is 660. The van der Waals surface area contributed by atoms with Gasteiger partial charge in [-0.1, -0.05) is 40.2 Å². The third-order valence-corrected chi connectivity index (χ3v) is 4.42. The van der Waals surface area contributed by atoms with Crippen LogP contribution in [0.4, 0.5) is 10.1 Å². The van der Waals surface area contributed by atoms with Gasteiger partial charge in [-0.05, 0) is 58.6 Å². The highest BCUT2D eigenvalue weighted by molar-refractivity contribution is 9.10. The van der Waals surface area contributed by atoms with Crippen LogP contribution in [0.5, 0.6) is 0 Å². The molecular formula is C16H14Br2FNO. The summed E-state index contributed by atoms with van der Waals surface area (Å²) in [5.74, 6) is -0.505. The molecule has 0 aromatic heterocycles. The number of carbonyl (C=O) groups excluding carboxylic acids is 1. The monoisotopic (exact) mass is 413 g/mol. The molecule has 1 unspecified atom stereocenters. The molecule has 0 fully saturated rings. The second kappa shape index (κ2) is 7.18. The summed E-state index contributed by atoms with van der Waals surface area (Å²) in [5.41, 5.74) is 2.31. The van der Waals surface area contributed by atoms with Crippen LogP contribution in [0.2, 0.25) is 0 Å². The zero-order valence-corrected chi connectivity index (χ0v) is 14.5. The van der Waals surface area contributed by atoms with Crippen molar-refractivity contribution in [2.24, 2.45) is 0 Å². The van der Waals surface area contributed by atoms with Crippen molar-refractivity contribution in [1.82, 2.24) is 0 Å². The molecule has 0 aliphatic rings. The van der Waals surface area contributed by atoms with E-state index in [-0.39, 0.29) is 11.7 Å². The molecule has 0 aliphatic heterocycles. The van der Waals surface area contributed by atoms with Gasteiger partial charge >= 0.3 is 0 Å². The van der Waals surface area contributed by atoms with Crippen molar-refractivity contribution in [3.05, 3.63) is 63.9 Å². The highest BCUT2D eigenvalue weighted by Crippen LogP contribution is 2.24. The van der Waals surface area contributed by atoms with Crippen LogP contribution in [-0.2, 0) is 11.2 Å². The number of nitrogens with one attached hydrogen (secondary N) is 1. The number of carbonyl (C=O) groups is 1. The zero-order chi connectivity index (χ0) is 15.4. The molecule has 5 heteroatoms. The molecule has 0 radical (unpaired) electrons. The minimum absolute atomic E-state index is 0.206. The molecule has 0 bridgehead atoms. The Balaban J connectivity index is 2.04. The van der Waals surface area contributed by atoms with E-state index in [1.54, 1.807) is 18.2 Å². The minimum Gasteiger partial charge on any atom is -0.324 e. The third-order valence-electron chi connectivity index (χ3n) is 3.02. The fourth-order valence-corrected chi connectivity index (χ4v) is 2.94. The molecule has 2 aromatic rings. The second-order valence-corrected chi connectivity index (χ2v) is 6.70. The molecule has 0 saturated carbocycles. The predicted octanol–water partition coefficient (Wildman–Crippen LogP) is 4.84. The Hall–Kier alpha value is -1.20. The molecule has 1 atom stereocenters. The van der Waals surface area contributed by atoms with E-state index in [1.165, 1.54) is 6.07 Å². The topological polar surface area (TPSA) is 29.1 Å². The smallest absolute Gasteiger partial charge is 0.238 e. The summed E-state index contributed by atoms with van der Waals surface area (Å²) in [5, 5.41) is 2.82. The normalized spacial score (nSPS) is 12.0. The summed E-state index contributed by atoms with van der Waals surface area (Å²) in [6.45, 7) is 1.97. The van der Waals surface area contributed by atoms with E-state index in [4.69, 9.17) is 0 Å². The summed E-state index contributed by atoms with van der Waals surface area (Å²) in [6.07, 6.45) is 0.294. The van der Waals surface area contributed by atoms with Crippen LogP contribution in [-0.4, -0.2) is 10.7 Å². The molecule has 0 saturated heterocycles. The van der Waals surface area contributed by atoms with Crippen LogP contribution in [0.15, 0.2) is 46.9 Å². The van der Waals surface area contributed by atoms with Crippen molar-refractivity contribution in [2.75, 3.05) is 5.32 Å². The number of aryl methyl sites for hydroxylation is 1. The van der Waals surface area contributed by atoms with Gasteiger partial charge < -0.3 is 5.32 Å². The maximum atomic E-state index is 13.6. The molecule has 0 spiro atoms. The van der Waals surface area contributed by atoms with Crippen molar-refractivity contribution in [3.8, 4) is 0 Å². The highest BCUT2D eigenvalue weighted by atomic mass is 79.9. The lowest BCUT2D eigenvalue weighted by atomic mass is 10.1. The molecule has 2 nitrogen and oxygen atoms in total. The lowest BCUT2D eigenvalue weighted by Gasteiger charge is -2.13. The molecule has 2 rings (SSSR count). The van der Waals surface area contributed by atoms with E-state index in [9.17, 15) is 9.18 Å². The summed E-state index contributed by atoms with van der Waals surface area (Å²) >= 11 is 6.73. The van der Waals surface area contributed by atoms with Crippen molar-refractivity contribution >= 4 is 43.5 Å². The summed E-state index contributed by atoms with van der Waals surface area (Å²) in [6, 6.07) is 12.1. The van der Waals surface area contributed by atoms with E-state index in [0.29, 0.717) is 17.7 Å². The van der Waals surface area contributed by atoms with Crippen LogP contribution in [0.3, 0.4) is 0 Å². The van der Waals surface area contributed by atoms with Gasteiger partial charge in [-0.3, -0.25) is 4.79 Å². The first-order valence-electron chi connectivity index (χ1n) is 6.42. The molecule has 2 aromatic carbocycles. The summed E-state index contributed by atoms with van der Waals surface area (Å²) in [4.78, 5) is 11.7. The number of amides is 1. The number of halogens is 3. The fourth-order valence-electron chi connectivity index (χ4n) is 1.88. The van der Waals surface area contributed by atoms with Gasteiger partial charge in [0.2, 0.25) is 5.91 Å². The Morgan fingerprint density at radius 2 is 2.00 bits per heavy atom. The van der Waals surface area contributed by atoms with Crippen LogP contribution >= 0.6 is 31.9 Å². The molecule has 1 amide bonds. The first-order chi connectivity index (χ1) is 9.97. The van der Waals surface area contributed by atoms with Gasteiger partial charge in [-0.2, -0.15) is 0 Å². The predicted molar refractivity (Wildman–Crippen MR) is 90.3 cm³/mol. The molecule has 0 heterocycles. The van der Waals surface area contributed by atoms with Crippen LogP contribution in [0.25, 0.3) is 0 Å². The standard InChI is InChI=1S/C16H14Br2FNO/c1-10-6-7-15(12(17)8-10)20-16(21)13(18)9-11-4-2-3-5-14(11)19/h2-8,13H,9H2,1H3,(H,20,21). The average molecular weight is 415 g/mol. The number of benzene rings is 2. The van der Waals surface area contributed by atoms with Gasteiger partial charge in [0.25, 0.3) is 0 Å². The molecule has 110 valence electrons. The van der Waals surface area contributed by atoms with Crippen LogP contribution in [0.1, 0.15) is 11.1 Å². The number of hydrogen-bond donors (Lipinski definition) is 1. The largest absolute Gasteiger partial charge is 0.324 e. The fraction of sp³-hybridized carbons (Fsp3) is 0.188. The van der Waals surface area contributed by atoms with E-state index in [1.807, 2.05) is 25.1 Å². The number of rotatable bonds is 4. The van der Waals surface area contributed by atoms with Gasteiger partial charge in [-0.15, -0.1) is 0 Å².